The van der Waals surface area contributed by atoms with E-state index in [-0.39, 0.29) is 5.57 Å². The summed E-state index contributed by atoms with van der Waals surface area (Å²) in [7, 11) is 1.53. The summed E-state index contributed by atoms with van der Waals surface area (Å²) >= 11 is 9.69. The lowest BCUT2D eigenvalue weighted by Gasteiger charge is -2.14. The van der Waals surface area contributed by atoms with Crippen LogP contribution < -0.4 is 19.5 Å². The summed E-state index contributed by atoms with van der Waals surface area (Å²) in [5.41, 5.74) is 2.94. The minimum atomic E-state index is -0.540. The van der Waals surface area contributed by atoms with E-state index < -0.39 is 5.91 Å². The van der Waals surface area contributed by atoms with Crippen LogP contribution in [0.3, 0.4) is 0 Å². The highest BCUT2D eigenvalue weighted by molar-refractivity contribution is 9.10. The molecule has 0 fully saturated rings. The number of carbonyl (C=O) groups excluding carboxylic acids is 1. The molecule has 0 unspecified atom stereocenters. The summed E-state index contributed by atoms with van der Waals surface area (Å²) in [6.07, 6.45) is 1.49. The number of anilines is 1. The third kappa shape index (κ3) is 7.64. The molecule has 0 aliphatic rings. The zero-order valence-corrected chi connectivity index (χ0v) is 23.3. The van der Waals surface area contributed by atoms with E-state index in [1.165, 1.54) is 13.2 Å². The lowest BCUT2D eigenvalue weighted by molar-refractivity contribution is -0.112. The van der Waals surface area contributed by atoms with Crippen LogP contribution in [0.15, 0.2) is 101 Å². The van der Waals surface area contributed by atoms with E-state index in [4.69, 9.17) is 25.8 Å². The van der Waals surface area contributed by atoms with Crippen LogP contribution in [0.1, 0.15) is 16.7 Å². The number of nitrogens with one attached hydrogen (secondary N) is 1. The Morgan fingerprint density at radius 3 is 2.38 bits per heavy atom. The van der Waals surface area contributed by atoms with Crippen LogP contribution in [0, 0.1) is 11.3 Å². The highest BCUT2D eigenvalue weighted by Gasteiger charge is 2.14. The molecule has 0 radical (unpaired) electrons. The van der Waals surface area contributed by atoms with E-state index in [0.29, 0.717) is 51.2 Å². The number of halogens is 2. The van der Waals surface area contributed by atoms with Gasteiger partial charge in [-0.15, -0.1) is 0 Å². The maximum absolute atomic E-state index is 12.8. The first-order chi connectivity index (χ1) is 19.0. The van der Waals surface area contributed by atoms with Gasteiger partial charge in [-0.2, -0.15) is 5.26 Å². The number of benzene rings is 4. The van der Waals surface area contributed by atoms with Crippen molar-refractivity contribution in [3.05, 3.63) is 123 Å². The Hall–Kier alpha value is -4.25. The van der Waals surface area contributed by atoms with Crippen LogP contribution in [0.25, 0.3) is 6.08 Å². The third-order valence-corrected chi connectivity index (χ3v) is 6.58. The number of hydrogen-bond donors (Lipinski definition) is 1. The van der Waals surface area contributed by atoms with Gasteiger partial charge in [0.15, 0.2) is 11.5 Å². The van der Waals surface area contributed by atoms with Crippen molar-refractivity contribution in [1.29, 1.82) is 5.26 Å². The number of methoxy groups -OCH3 is 1. The van der Waals surface area contributed by atoms with Crippen LogP contribution >= 0.6 is 27.5 Å². The van der Waals surface area contributed by atoms with E-state index in [9.17, 15) is 10.1 Å². The number of carbonyl (C=O) groups is 1. The lowest BCUT2D eigenvalue weighted by atomic mass is 10.1. The summed E-state index contributed by atoms with van der Waals surface area (Å²) in [6, 6.07) is 29.5. The fourth-order valence-electron chi connectivity index (χ4n) is 3.62. The van der Waals surface area contributed by atoms with Gasteiger partial charge in [-0.3, -0.25) is 4.79 Å². The molecular formula is C31H24BrClN2O4. The fourth-order valence-corrected chi connectivity index (χ4v) is 4.38. The summed E-state index contributed by atoms with van der Waals surface area (Å²) in [5, 5.41) is 13.0. The van der Waals surface area contributed by atoms with Gasteiger partial charge < -0.3 is 19.5 Å². The standard InChI is InChI=1S/C31H24BrClN2O4/c1-37-29-17-22(16-27(32)30(29)39-19-21-7-3-2-4-8-21)15-24(18-34)31(36)35-25-11-13-26(14-12-25)38-20-23-9-5-6-10-28(23)33/h2-17H,19-20H2,1H3,(H,35,36)/b24-15+. The largest absolute Gasteiger partial charge is 0.493 e. The van der Waals surface area contributed by atoms with Crippen LogP contribution in [-0.2, 0) is 18.0 Å². The third-order valence-electron chi connectivity index (χ3n) is 5.62. The Morgan fingerprint density at radius 1 is 0.974 bits per heavy atom. The van der Waals surface area contributed by atoms with Crippen LogP contribution in [-0.4, -0.2) is 13.0 Å². The van der Waals surface area contributed by atoms with Crippen LogP contribution in [0.5, 0.6) is 17.2 Å². The van der Waals surface area contributed by atoms with E-state index in [1.54, 1.807) is 36.4 Å². The second-order valence-electron chi connectivity index (χ2n) is 8.34. The van der Waals surface area contributed by atoms with Gasteiger partial charge in [-0.05, 0) is 75.6 Å². The molecular weight excluding hydrogens is 580 g/mol. The van der Waals surface area contributed by atoms with Gasteiger partial charge in [-0.25, -0.2) is 0 Å². The summed E-state index contributed by atoms with van der Waals surface area (Å²) in [4.78, 5) is 12.8. The minimum Gasteiger partial charge on any atom is -0.493 e. The molecule has 0 saturated heterocycles. The first-order valence-electron chi connectivity index (χ1n) is 11.9. The zero-order valence-electron chi connectivity index (χ0n) is 21.0. The predicted octanol–water partition coefficient (Wildman–Crippen LogP) is 7.81. The van der Waals surface area contributed by atoms with E-state index in [1.807, 2.05) is 60.7 Å². The number of ether oxygens (including phenoxy) is 3. The van der Waals surface area contributed by atoms with Gasteiger partial charge >= 0.3 is 0 Å². The smallest absolute Gasteiger partial charge is 0.266 e. The van der Waals surface area contributed by atoms with Crippen LogP contribution in [0.2, 0.25) is 5.02 Å². The maximum Gasteiger partial charge on any atom is 0.266 e. The summed E-state index contributed by atoms with van der Waals surface area (Å²) in [6.45, 7) is 0.683. The highest BCUT2D eigenvalue weighted by atomic mass is 79.9. The van der Waals surface area contributed by atoms with Gasteiger partial charge in [0.05, 0.1) is 11.6 Å². The molecule has 1 amide bonds. The van der Waals surface area contributed by atoms with Crippen molar-refractivity contribution in [1.82, 2.24) is 0 Å². The van der Waals surface area contributed by atoms with Crippen molar-refractivity contribution < 1.29 is 19.0 Å². The molecule has 6 nitrogen and oxygen atoms in total. The molecule has 4 aromatic carbocycles. The van der Waals surface area contributed by atoms with Crippen molar-refractivity contribution in [3.8, 4) is 23.3 Å². The molecule has 1 N–H and O–H groups in total. The molecule has 4 rings (SSSR count). The topological polar surface area (TPSA) is 80.6 Å². The number of hydrogen-bond acceptors (Lipinski definition) is 5. The van der Waals surface area contributed by atoms with Crippen molar-refractivity contribution in [3.63, 3.8) is 0 Å². The molecule has 8 heteroatoms. The average Bonchev–Trinajstić information content (AvgIpc) is 2.96. The normalized spacial score (nSPS) is 10.9. The summed E-state index contributed by atoms with van der Waals surface area (Å²) < 4.78 is 17.9. The summed E-state index contributed by atoms with van der Waals surface area (Å²) in [5.74, 6) is 1.08. The van der Waals surface area contributed by atoms with E-state index in [0.717, 1.165) is 11.1 Å². The van der Waals surface area contributed by atoms with Crippen molar-refractivity contribution >= 4 is 45.2 Å². The highest BCUT2D eigenvalue weighted by Crippen LogP contribution is 2.38. The second kappa shape index (κ2) is 13.5. The Kier molecular flexibility index (Phi) is 9.63. The van der Waals surface area contributed by atoms with Gasteiger partial charge in [0.25, 0.3) is 5.91 Å². The lowest BCUT2D eigenvalue weighted by Crippen LogP contribution is -2.13. The Balaban J connectivity index is 1.42. The van der Waals surface area contributed by atoms with Crippen molar-refractivity contribution in [2.24, 2.45) is 0 Å². The van der Waals surface area contributed by atoms with E-state index in [2.05, 4.69) is 21.2 Å². The van der Waals surface area contributed by atoms with Crippen molar-refractivity contribution in [2.75, 3.05) is 12.4 Å². The minimum absolute atomic E-state index is 0.0686. The molecule has 0 atom stereocenters. The molecule has 39 heavy (non-hydrogen) atoms. The number of rotatable bonds is 10. The molecule has 0 aromatic heterocycles. The van der Waals surface area contributed by atoms with Gasteiger partial charge in [0, 0.05) is 16.3 Å². The molecule has 0 aliphatic carbocycles. The van der Waals surface area contributed by atoms with Gasteiger partial charge in [0.1, 0.15) is 30.6 Å². The first kappa shape index (κ1) is 27.8. The molecule has 196 valence electrons. The molecule has 0 aliphatic heterocycles. The molecule has 0 saturated carbocycles. The van der Waals surface area contributed by atoms with Gasteiger partial charge in [0.2, 0.25) is 0 Å². The predicted molar refractivity (Wildman–Crippen MR) is 156 cm³/mol. The molecule has 0 heterocycles. The zero-order chi connectivity index (χ0) is 27.6. The van der Waals surface area contributed by atoms with Crippen molar-refractivity contribution in [2.45, 2.75) is 13.2 Å². The quantitative estimate of drug-likeness (QED) is 0.148. The fraction of sp³-hybridized carbons (Fsp3) is 0.0968. The number of amides is 1. The first-order valence-corrected chi connectivity index (χ1v) is 13.1. The SMILES string of the molecule is COc1cc(/C=C(\C#N)C(=O)Nc2ccc(OCc3ccccc3Cl)cc2)cc(Br)c1OCc1ccccc1. The molecule has 0 bridgehead atoms. The average molecular weight is 604 g/mol. The van der Waals surface area contributed by atoms with E-state index >= 15 is 0 Å². The Labute approximate surface area is 240 Å². The number of nitriles is 1. The number of nitrogens with zero attached hydrogens (tertiary/aromatic N) is 1. The maximum atomic E-state index is 12.8. The molecule has 4 aromatic rings. The van der Waals surface area contributed by atoms with Crippen LogP contribution in [0.4, 0.5) is 5.69 Å². The second-order valence-corrected chi connectivity index (χ2v) is 9.60. The Morgan fingerprint density at radius 2 is 1.69 bits per heavy atom. The molecule has 0 spiro atoms. The Bertz CT molecular complexity index is 1520. The van der Waals surface area contributed by atoms with Gasteiger partial charge in [-0.1, -0.05) is 60.1 Å². The monoisotopic (exact) mass is 602 g/mol.